The van der Waals surface area contributed by atoms with E-state index in [0.717, 1.165) is 37.4 Å². The first-order valence-electron chi connectivity index (χ1n) is 6.57. The van der Waals surface area contributed by atoms with Crippen molar-refractivity contribution in [2.45, 2.75) is 33.4 Å². The Hall–Kier alpha value is -1.17. The summed E-state index contributed by atoms with van der Waals surface area (Å²) in [5.41, 5.74) is 2.15. The van der Waals surface area contributed by atoms with Crippen LogP contribution < -0.4 is 0 Å². The molecule has 0 unspecified atom stereocenters. The van der Waals surface area contributed by atoms with Crippen molar-refractivity contribution < 1.29 is 5.11 Å². The first kappa shape index (κ1) is 14.2. The van der Waals surface area contributed by atoms with Crippen molar-refractivity contribution in [3.05, 3.63) is 39.3 Å². The van der Waals surface area contributed by atoms with Gasteiger partial charge in [-0.05, 0) is 38.5 Å². The summed E-state index contributed by atoms with van der Waals surface area (Å²) >= 11 is 1.83. The van der Waals surface area contributed by atoms with Gasteiger partial charge in [0.1, 0.15) is 0 Å². The molecule has 4 nitrogen and oxygen atoms in total. The van der Waals surface area contributed by atoms with Crippen molar-refractivity contribution in [2.75, 3.05) is 13.2 Å². The molecule has 0 atom stereocenters. The van der Waals surface area contributed by atoms with E-state index >= 15 is 0 Å². The third-order valence-electron chi connectivity index (χ3n) is 2.95. The predicted molar refractivity (Wildman–Crippen MR) is 78.2 cm³/mol. The van der Waals surface area contributed by atoms with Gasteiger partial charge in [-0.2, -0.15) is 5.10 Å². The Morgan fingerprint density at radius 3 is 2.74 bits per heavy atom. The standard InChI is InChI=1S/C14H21N3OS/c1-11-8-13(16-15-11)9-17(6-3-7-18)10-14-5-4-12(2)19-14/h4-5,8,18H,3,6-7,9-10H2,1-2H3,(H,15,16). The molecule has 2 aromatic rings. The van der Waals surface area contributed by atoms with Gasteiger partial charge in [0.25, 0.3) is 0 Å². The molecule has 0 saturated heterocycles. The van der Waals surface area contributed by atoms with Crippen LogP contribution in [-0.2, 0) is 13.1 Å². The van der Waals surface area contributed by atoms with Crippen LogP contribution in [0.15, 0.2) is 18.2 Å². The zero-order valence-electron chi connectivity index (χ0n) is 11.5. The van der Waals surface area contributed by atoms with Gasteiger partial charge in [-0.15, -0.1) is 11.3 Å². The number of aryl methyl sites for hydroxylation is 2. The quantitative estimate of drug-likeness (QED) is 0.818. The van der Waals surface area contributed by atoms with Crippen LogP contribution in [0.1, 0.15) is 27.6 Å². The Labute approximate surface area is 118 Å². The van der Waals surface area contributed by atoms with E-state index in [1.807, 2.05) is 18.3 Å². The highest BCUT2D eigenvalue weighted by Gasteiger charge is 2.10. The van der Waals surface area contributed by atoms with Crippen molar-refractivity contribution in [3.63, 3.8) is 0 Å². The second-order valence-corrected chi connectivity index (χ2v) is 6.21. The van der Waals surface area contributed by atoms with Gasteiger partial charge in [0.2, 0.25) is 0 Å². The number of aromatic amines is 1. The second-order valence-electron chi connectivity index (χ2n) is 4.84. The molecule has 0 amide bonds. The molecule has 0 radical (unpaired) electrons. The molecule has 2 rings (SSSR count). The number of rotatable bonds is 7. The van der Waals surface area contributed by atoms with Crippen LogP contribution in [-0.4, -0.2) is 33.4 Å². The lowest BCUT2D eigenvalue weighted by atomic mass is 10.3. The molecule has 19 heavy (non-hydrogen) atoms. The fraction of sp³-hybridized carbons (Fsp3) is 0.500. The van der Waals surface area contributed by atoms with Crippen LogP contribution in [0.5, 0.6) is 0 Å². The summed E-state index contributed by atoms with van der Waals surface area (Å²) in [6, 6.07) is 6.41. The maximum Gasteiger partial charge on any atom is 0.0765 e. The number of nitrogens with one attached hydrogen (secondary N) is 1. The normalized spacial score (nSPS) is 11.4. The summed E-state index contributed by atoms with van der Waals surface area (Å²) < 4.78 is 0. The number of hydrogen-bond donors (Lipinski definition) is 2. The molecule has 104 valence electrons. The predicted octanol–water partition coefficient (Wildman–Crippen LogP) is 2.47. The minimum atomic E-state index is 0.236. The van der Waals surface area contributed by atoms with Crippen LogP contribution in [0.25, 0.3) is 0 Å². The number of aliphatic hydroxyl groups is 1. The molecule has 0 spiro atoms. The highest BCUT2D eigenvalue weighted by molar-refractivity contribution is 7.11. The van der Waals surface area contributed by atoms with Crippen LogP contribution in [0, 0.1) is 13.8 Å². The molecule has 0 aromatic carbocycles. The fourth-order valence-electron chi connectivity index (χ4n) is 2.08. The minimum absolute atomic E-state index is 0.236. The molecular formula is C14H21N3OS. The second kappa shape index (κ2) is 6.84. The van der Waals surface area contributed by atoms with Gasteiger partial charge < -0.3 is 5.11 Å². The molecule has 0 aliphatic carbocycles. The zero-order valence-corrected chi connectivity index (χ0v) is 12.3. The van der Waals surface area contributed by atoms with Gasteiger partial charge in [-0.1, -0.05) is 0 Å². The molecule has 0 bridgehead atoms. The van der Waals surface area contributed by atoms with Crippen molar-refractivity contribution in [1.29, 1.82) is 0 Å². The van der Waals surface area contributed by atoms with Gasteiger partial charge in [-0.3, -0.25) is 10.00 Å². The largest absolute Gasteiger partial charge is 0.396 e. The van der Waals surface area contributed by atoms with E-state index < -0.39 is 0 Å². The summed E-state index contributed by atoms with van der Waals surface area (Å²) in [5, 5.41) is 16.3. The third kappa shape index (κ3) is 4.45. The first-order chi connectivity index (χ1) is 9.17. The number of aliphatic hydroxyl groups excluding tert-OH is 1. The summed E-state index contributed by atoms with van der Waals surface area (Å²) in [4.78, 5) is 5.03. The minimum Gasteiger partial charge on any atom is -0.396 e. The van der Waals surface area contributed by atoms with Gasteiger partial charge in [0.15, 0.2) is 0 Å². The highest BCUT2D eigenvalue weighted by atomic mass is 32.1. The van der Waals surface area contributed by atoms with E-state index in [9.17, 15) is 0 Å². The Balaban J connectivity index is 1.98. The maximum absolute atomic E-state index is 9.01. The first-order valence-corrected chi connectivity index (χ1v) is 7.38. The van der Waals surface area contributed by atoms with Crippen LogP contribution in [0.4, 0.5) is 0 Å². The van der Waals surface area contributed by atoms with Gasteiger partial charge in [0, 0.05) is 41.7 Å². The summed E-state index contributed by atoms with van der Waals surface area (Å²) in [5.74, 6) is 0. The summed E-state index contributed by atoms with van der Waals surface area (Å²) in [6.45, 7) is 7.01. The Morgan fingerprint density at radius 1 is 1.32 bits per heavy atom. The lowest BCUT2D eigenvalue weighted by molar-refractivity contribution is 0.212. The average Bonchev–Trinajstić information content (AvgIpc) is 2.95. The van der Waals surface area contributed by atoms with Gasteiger partial charge >= 0.3 is 0 Å². The Bertz CT molecular complexity index is 464. The van der Waals surface area contributed by atoms with E-state index in [0.29, 0.717) is 0 Å². The van der Waals surface area contributed by atoms with E-state index in [4.69, 9.17) is 5.11 Å². The topological polar surface area (TPSA) is 52.1 Å². The zero-order chi connectivity index (χ0) is 13.7. The monoisotopic (exact) mass is 279 g/mol. The number of H-pyrrole nitrogens is 1. The molecule has 5 heteroatoms. The summed E-state index contributed by atoms with van der Waals surface area (Å²) in [6.07, 6.45) is 0.799. The van der Waals surface area contributed by atoms with Crippen LogP contribution >= 0.6 is 11.3 Å². The van der Waals surface area contributed by atoms with E-state index in [1.165, 1.54) is 9.75 Å². The summed E-state index contributed by atoms with van der Waals surface area (Å²) in [7, 11) is 0. The molecule has 2 N–H and O–H groups in total. The fourth-order valence-corrected chi connectivity index (χ4v) is 3.02. The number of nitrogens with zero attached hydrogens (tertiary/aromatic N) is 2. The van der Waals surface area contributed by atoms with Crippen LogP contribution in [0.3, 0.4) is 0 Å². The lowest BCUT2D eigenvalue weighted by Crippen LogP contribution is -2.24. The van der Waals surface area contributed by atoms with E-state index in [-0.39, 0.29) is 6.61 Å². The van der Waals surface area contributed by atoms with Crippen molar-refractivity contribution >= 4 is 11.3 Å². The number of hydrogen-bond acceptors (Lipinski definition) is 4. The molecular weight excluding hydrogens is 258 g/mol. The smallest absolute Gasteiger partial charge is 0.0765 e. The van der Waals surface area contributed by atoms with E-state index in [1.54, 1.807) is 0 Å². The molecule has 2 heterocycles. The van der Waals surface area contributed by atoms with Crippen molar-refractivity contribution in [3.8, 4) is 0 Å². The molecule has 0 fully saturated rings. The van der Waals surface area contributed by atoms with Gasteiger partial charge in [-0.25, -0.2) is 0 Å². The highest BCUT2D eigenvalue weighted by Crippen LogP contribution is 2.18. The van der Waals surface area contributed by atoms with Crippen molar-refractivity contribution in [2.24, 2.45) is 0 Å². The SMILES string of the molecule is Cc1cc(CN(CCCO)Cc2ccc(C)s2)n[nH]1. The number of aromatic nitrogens is 2. The van der Waals surface area contributed by atoms with E-state index in [2.05, 4.69) is 40.2 Å². The average molecular weight is 279 g/mol. The number of thiophene rings is 1. The van der Waals surface area contributed by atoms with Gasteiger partial charge in [0.05, 0.1) is 5.69 Å². The van der Waals surface area contributed by atoms with Crippen molar-refractivity contribution in [1.82, 2.24) is 15.1 Å². The maximum atomic E-state index is 9.01. The lowest BCUT2D eigenvalue weighted by Gasteiger charge is -2.20. The third-order valence-corrected chi connectivity index (χ3v) is 3.94. The molecule has 2 aromatic heterocycles. The Morgan fingerprint density at radius 2 is 2.16 bits per heavy atom. The molecule has 0 aliphatic heterocycles. The Kier molecular flexibility index (Phi) is 5.13. The molecule has 0 aliphatic rings. The van der Waals surface area contributed by atoms with Crippen LogP contribution in [0.2, 0.25) is 0 Å². The molecule has 0 saturated carbocycles.